The van der Waals surface area contributed by atoms with Crippen LogP contribution in [0.25, 0.3) is 5.69 Å². The molecule has 1 atom stereocenters. The van der Waals surface area contributed by atoms with Crippen LogP contribution in [0.5, 0.6) is 0 Å². The molecule has 1 unspecified atom stereocenters. The topological polar surface area (TPSA) is 91.2 Å². The Morgan fingerprint density at radius 3 is 2.33 bits per heavy atom. The Bertz CT molecular complexity index is 1270. The molecule has 6 nitrogen and oxygen atoms in total. The number of aromatic nitrogens is 1. The summed E-state index contributed by atoms with van der Waals surface area (Å²) in [6, 6.07) is 10.8. The van der Waals surface area contributed by atoms with Crippen molar-refractivity contribution in [2.24, 2.45) is 0 Å². The minimum atomic E-state index is -4.67. The van der Waals surface area contributed by atoms with Gasteiger partial charge in [0.1, 0.15) is 11.4 Å². The molecule has 1 aromatic heterocycles. The lowest BCUT2D eigenvalue weighted by molar-refractivity contribution is -0.137. The van der Waals surface area contributed by atoms with Crippen molar-refractivity contribution in [2.45, 2.75) is 25.4 Å². The fraction of sp³-hybridized carbons (Fsp3) is 0.182. The number of pyridine rings is 1. The molecule has 1 heterocycles. The van der Waals surface area contributed by atoms with Crippen molar-refractivity contribution < 1.29 is 31.1 Å². The molecule has 3 rings (SSSR count). The Morgan fingerprint density at radius 2 is 1.73 bits per heavy atom. The van der Waals surface area contributed by atoms with E-state index in [0.29, 0.717) is 17.2 Å². The predicted octanol–water partition coefficient (Wildman–Crippen LogP) is 3.61. The van der Waals surface area contributed by atoms with Gasteiger partial charge in [-0.3, -0.25) is 18.4 Å². The molecule has 2 aromatic carbocycles. The molecule has 0 aliphatic carbocycles. The summed E-state index contributed by atoms with van der Waals surface area (Å²) in [6.07, 6.45) is -4.67. The molecule has 1 N–H and O–H groups in total. The van der Waals surface area contributed by atoms with Crippen molar-refractivity contribution in [1.29, 1.82) is 0 Å². The van der Waals surface area contributed by atoms with Crippen LogP contribution in [0.2, 0.25) is 0 Å². The molecule has 0 radical (unpaired) electrons. The van der Waals surface area contributed by atoms with Crippen molar-refractivity contribution in [1.82, 2.24) is 9.88 Å². The summed E-state index contributed by atoms with van der Waals surface area (Å²) < 4.78 is 75.9. The quantitative estimate of drug-likeness (QED) is 0.430. The smallest absolute Gasteiger partial charge is 0.416 e. The minimum Gasteiger partial charge on any atom is -0.772 e. The van der Waals surface area contributed by atoms with Gasteiger partial charge in [0.25, 0.3) is 11.5 Å². The Morgan fingerprint density at radius 1 is 1.09 bits per heavy atom. The molecule has 0 fully saturated rings. The van der Waals surface area contributed by atoms with Crippen molar-refractivity contribution in [3.63, 3.8) is 0 Å². The van der Waals surface area contributed by atoms with Crippen LogP contribution < -0.4 is 10.9 Å². The highest BCUT2D eigenvalue weighted by Crippen LogP contribution is 2.30. The van der Waals surface area contributed by atoms with Crippen LogP contribution in [0, 0.1) is 12.7 Å². The van der Waals surface area contributed by atoms with E-state index in [1.165, 1.54) is 13.0 Å². The number of carbonyl (C=O) groups is 1. The summed E-state index contributed by atoms with van der Waals surface area (Å²) in [5, 5.41) is 2.46. The second kappa shape index (κ2) is 9.67. The molecule has 0 aliphatic heterocycles. The molecule has 0 spiro atoms. The van der Waals surface area contributed by atoms with E-state index in [9.17, 15) is 35.9 Å². The largest absolute Gasteiger partial charge is 0.772 e. The highest BCUT2D eigenvalue weighted by molar-refractivity contribution is 7.78. The Kier molecular flexibility index (Phi) is 7.13. The van der Waals surface area contributed by atoms with E-state index in [2.05, 4.69) is 5.32 Å². The third-order valence-electron chi connectivity index (χ3n) is 4.82. The molecule has 1 amide bonds. The number of hydrogen-bond donors (Lipinski definition) is 1. The highest BCUT2D eigenvalue weighted by atomic mass is 32.2. The van der Waals surface area contributed by atoms with E-state index < -0.39 is 45.7 Å². The van der Waals surface area contributed by atoms with Crippen LogP contribution >= 0.6 is 0 Å². The van der Waals surface area contributed by atoms with Crippen molar-refractivity contribution in [3.05, 3.63) is 98.7 Å². The number of rotatable bonds is 6. The molecular formula is C22H17F4N2O4S-. The maximum atomic E-state index is 14.5. The van der Waals surface area contributed by atoms with Gasteiger partial charge in [0.05, 0.1) is 11.3 Å². The predicted molar refractivity (Wildman–Crippen MR) is 112 cm³/mol. The van der Waals surface area contributed by atoms with Crippen molar-refractivity contribution in [2.75, 3.05) is 0 Å². The Labute approximate surface area is 188 Å². The van der Waals surface area contributed by atoms with Gasteiger partial charge in [0.2, 0.25) is 0 Å². The summed E-state index contributed by atoms with van der Waals surface area (Å²) in [5.41, 5.74) is -1.91. The normalized spacial score (nSPS) is 12.4. The number of halogens is 4. The van der Waals surface area contributed by atoms with Crippen LogP contribution in [0.1, 0.15) is 32.7 Å². The first kappa shape index (κ1) is 24.3. The monoisotopic (exact) mass is 481 g/mol. The number of nitrogens with zero attached hydrogens (tertiary/aromatic N) is 1. The first-order valence-electron chi connectivity index (χ1n) is 9.49. The van der Waals surface area contributed by atoms with Gasteiger partial charge in [-0.25, -0.2) is 4.39 Å². The fourth-order valence-corrected chi connectivity index (χ4v) is 3.60. The van der Waals surface area contributed by atoms with Crippen molar-refractivity contribution in [3.8, 4) is 5.69 Å². The number of amides is 1. The van der Waals surface area contributed by atoms with Crippen LogP contribution in [0.4, 0.5) is 17.6 Å². The van der Waals surface area contributed by atoms with Crippen LogP contribution in [-0.2, 0) is 29.6 Å². The number of hydrogen-bond acceptors (Lipinski definition) is 4. The zero-order chi connectivity index (χ0) is 24.3. The average Bonchev–Trinajstić information content (AvgIpc) is 2.75. The first-order chi connectivity index (χ1) is 15.5. The van der Waals surface area contributed by atoms with Gasteiger partial charge in [0.15, 0.2) is 0 Å². The summed E-state index contributed by atoms with van der Waals surface area (Å²) in [4.78, 5) is 25.5. The van der Waals surface area contributed by atoms with E-state index in [1.807, 2.05) is 0 Å². The van der Waals surface area contributed by atoms with Gasteiger partial charge in [-0.1, -0.05) is 41.4 Å². The number of alkyl halides is 3. The summed E-state index contributed by atoms with van der Waals surface area (Å²) in [6.45, 7) is 1.17. The van der Waals surface area contributed by atoms with E-state index in [0.717, 1.165) is 22.8 Å². The zero-order valence-corrected chi connectivity index (χ0v) is 17.9. The molecule has 0 saturated heterocycles. The van der Waals surface area contributed by atoms with E-state index >= 15 is 0 Å². The zero-order valence-electron chi connectivity index (χ0n) is 17.1. The molecule has 3 aromatic rings. The standard InChI is InChI=1S/C22H18F4N2O4S/c1-13-19(23)10-18(20(29)27-11-14-5-7-15(8-6-14)12-33(31)32)21(30)28(13)17-4-2-3-16(9-17)22(24,25)26/h2-10H,11-12H2,1H3,(H,27,29)(H,31,32)/p-1. The van der Waals surface area contributed by atoms with E-state index in [4.69, 9.17) is 0 Å². The third-order valence-corrected chi connectivity index (χ3v) is 5.39. The van der Waals surface area contributed by atoms with Gasteiger partial charge in [-0.15, -0.1) is 0 Å². The molecule has 174 valence electrons. The Balaban J connectivity index is 1.89. The SMILES string of the molecule is Cc1c(F)cc(C(=O)NCc2ccc(CS(=O)[O-])cc2)c(=O)n1-c1cccc(C(F)(F)F)c1. The third kappa shape index (κ3) is 5.74. The fourth-order valence-electron chi connectivity index (χ4n) is 3.13. The first-order valence-corrected chi connectivity index (χ1v) is 10.7. The summed E-state index contributed by atoms with van der Waals surface area (Å²) in [7, 11) is 0. The van der Waals surface area contributed by atoms with Crippen molar-refractivity contribution >= 4 is 17.0 Å². The van der Waals surface area contributed by atoms with Crippen LogP contribution in [0.3, 0.4) is 0 Å². The molecule has 33 heavy (non-hydrogen) atoms. The van der Waals surface area contributed by atoms with E-state index in [-0.39, 0.29) is 23.7 Å². The number of benzene rings is 2. The lowest BCUT2D eigenvalue weighted by Crippen LogP contribution is -2.34. The maximum Gasteiger partial charge on any atom is 0.416 e. The average molecular weight is 481 g/mol. The van der Waals surface area contributed by atoms with Gasteiger partial charge in [-0.05, 0) is 42.3 Å². The van der Waals surface area contributed by atoms with Gasteiger partial charge in [0, 0.05) is 18.0 Å². The summed E-state index contributed by atoms with van der Waals surface area (Å²) >= 11 is -2.25. The summed E-state index contributed by atoms with van der Waals surface area (Å²) in [5.74, 6) is -2.01. The molecule has 0 aliphatic rings. The molecule has 0 saturated carbocycles. The molecular weight excluding hydrogens is 464 g/mol. The van der Waals surface area contributed by atoms with Crippen LogP contribution in [0.15, 0.2) is 59.4 Å². The second-order valence-electron chi connectivity index (χ2n) is 7.13. The maximum absolute atomic E-state index is 14.5. The van der Waals surface area contributed by atoms with Crippen LogP contribution in [-0.4, -0.2) is 19.2 Å². The van der Waals surface area contributed by atoms with E-state index in [1.54, 1.807) is 24.3 Å². The minimum absolute atomic E-state index is 0.0436. The second-order valence-corrected chi connectivity index (χ2v) is 8.02. The van der Waals surface area contributed by atoms with Gasteiger partial charge in [-0.2, -0.15) is 13.2 Å². The lowest BCUT2D eigenvalue weighted by atomic mass is 10.1. The highest BCUT2D eigenvalue weighted by Gasteiger charge is 2.31. The Hall–Kier alpha value is -3.31. The van der Waals surface area contributed by atoms with Gasteiger partial charge >= 0.3 is 6.18 Å². The number of nitrogens with one attached hydrogen (secondary N) is 1. The van der Waals surface area contributed by atoms with Gasteiger partial charge < -0.3 is 9.87 Å². The lowest BCUT2D eigenvalue weighted by Gasteiger charge is -2.15. The molecule has 11 heteroatoms. The number of carbonyl (C=O) groups excluding carboxylic acids is 1. The molecule has 0 bridgehead atoms.